The number of anilines is 1. The molecule has 0 atom stereocenters. The summed E-state index contributed by atoms with van der Waals surface area (Å²) in [5.41, 5.74) is 3.90. The van der Waals surface area contributed by atoms with Crippen LogP contribution in [0.1, 0.15) is 17.5 Å². The van der Waals surface area contributed by atoms with E-state index in [9.17, 15) is 4.79 Å². The first-order valence-electron chi connectivity index (χ1n) is 9.92. The van der Waals surface area contributed by atoms with Crippen LogP contribution in [0, 0.1) is 0 Å². The number of ether oxygens (including phenoxy) is 1. The number of nitrogens with zero attached hydrogens (tertiary/aromatic N) is 2. The number of carbonyl (C=O) groups excluding carboxylic acids is 1. The van der Waals surface area contributed by atoms with Crippen LogP contribution in [0.15, 0.2) is 97.3 Å². The summed E-state index contributed by atoms with van der Waals surface area (Å²) in [5.74, 6) is 0.741. The number of amides is 1. The van der Waals surface area contributed by atoms with Crippen LogP contribution in [0.2, 0.25) is 0 Å². The minimum absolute atomic E-state index is 0.0274. The summed E-state index contributed by atoms with van der Waals surface area (Å²) in [6, 6.07) is 27.4. The Morgan fingerprint density at radius 3 is 2.30 bits per heavy atom. The third-order valence-electron chi connectivity index (χ3n) is 4.68. The first kappa shape index (κ1) is 19.5. The Hall–Kier alpha value is -3.86. The smallest absolute Gasteiger partial charge is 0.224 e. The fourth-order valence-corrected chi connectivity index (χ4v) is 3.07. The number of para-hydroxylation sites is 1. The van der Waals surface area contributed by atoms with E-state index in [1.807, 2.05) is 95.8 Å². The Labute approximate surface area is 175 Å². The molecule has 0 spiro atoms. The summed E-state index contributed by atoms with van der Waals surface area (Å²) < 4.78 is 7.60. The minimum atomic E-state index is -0.0274. The van der Waals surface area contributed by atoms with Crippen LogP contribution in [0.4, 0.5) is 5.69 Å². The largest absolute Gasteiger partial charge is 0.489 e. The highest BCUT2D eigenvalue weighted by Gasteiger charge is 2.06. The van der Waals surface area contributed by atoms with Crippen LogP contribution >= 0.6 is 0 Å². The standard InChI is InChI=1S/C25H23N3O2/c29-25(16-11-21-17-26-28(18-21)23-9-5-2-6-10-23)27-22-12-14-24(15-13-22)30-19-20-7-3-1-4-8-20/h1-10,12-15,17-18H,11,16,19H2,(H,27,29). The average molecular weight is 397 g/mol. The van der Waals surface area contributed by atoms with Crippen molar-refractivity contribution in [1.29, 1.82) is 0 Å². The molecule has 0 fully saturated rings. The SMILES string of the molecule is O=C(CCc1cnn(-c2ccccc2)c1)Nc1ccc(OCc2ccccc2)cc1. The molecule has 0 aliphatic rings. The summed E-state index contributed by atoms with van der Waals surface area (Å²) in [7, 11) is 0. The number of aryl methyl sites for hydroxylation is 1. The maximum absolute atomic E-state index is 12.3. The molecule has 1 aromatic heterocycles. The second-order valence-corrected chi connectivity index (χ2v) is 6.98. The van der Waals surface area contributed by atoms with E-state index in [2.05, 4.69) is 10.4 Å². The Morgan fingerprint density at radius 1 is 0.867 bits per heavy atom. The number of aromatic nitrogens is 2. The van der Waals surface area contributed by atoms with Gasteiger partial charge in [0.05, 0.1) is 11.9 Å². The first-order chi connectivity index (χ1) is 14.8. The molecular formula is C25H23N3O2. The number of hydrogen-bond donors (Lipinski definition) is 1. The van der Waals surface area contributed by atoms with Crippen molar-refractivity contribution >= 4 is 11.6 Å². The fraction of sp³-hybridized carbons (Fsp3) is 0.120. The van der Waals surface area contributed by atoms with Crippen LogP contribution in [0.25, 0.3) is 5.69 Å². The second kappa shape index (κ2) is 9.56. The van der Waals surface area contributed by atoms with Gasteiger partial charge in [-0.2, -0.15) is 5.10 Å². The molecule has 1 heterocycles. The molecule has 0 radical (unpaired) electrons. The van der Waals surface area contributed by atoms with Crippen LogP contribution in [0.3, 0.4) is 0 Å². The number of nitrogens with one attached hydrogen (secondary N) is 1. The summed E-state index contributed by atoms with van der Waals surface area (Å²) in [6.07, 6.45) is 4.80. The lowest BCUT2D eigenvalue weighted by Gasteiger charge is -2.08. The van der Waals surface area contributed by atoms with E-state index in [1.165, 1.54) is 0 Å². The molecule has 4 rings (SSSR count). The third-order valence-corrected chi connectivity index (χ3v) is 4.68. The fourth-order valence-electron chi connectivity index (χ4n) is 3.07. The van der Waals surface area contributed by atoms with E-state index in [-0.39, 0.29) is 5.91 Å². The van der Waals surface area contributed by atoms with Crippen molar-refractivity contribution in [2.24, 2.45) is 0 Å². The molecule has 3 aromatic carbocycles. The van der Waals surface area contributed by atoms with Gasteiger partial charge >= 0.3 is 0 Å². The zero-order valence-corrected chi connectivity index (χ0v) is 16.6. The Balaban J connectivity index is 1.24. The first-order valence-corrected chi connectivity index (χ1v) is 9.92. The molecule has 0 aliphatic heterocycles. The molecule has 0 bridgehead atoms. The van der Waals surface area contributed by atoms with Gasteiger partial charge in [-0.25, -0.2) is 4.68 Å². The molecule has 0 saturated heterocycles. The molecule has 4 aromatic rings. The van der Waals surface area contributed by atoms with Gasteiger partial charge in [-0.3, -0.25) is 4.79 Å². The summed E-state index contributed by atoms with van der Waals surface area (Å²) in [4.78, 5) is 12.3. The van der Waals surface area contributed by atoms with Gasteiger partial charge in [0.25, 0.3) is 0 Å². The second-order valence-electron chi connectivity index (χ2n) is 6.98. The predicted octanol–water partition coefficient (Wildman–Crippen LogP) is 5.02. The van der Waals surface area contributed by atoms with Crippen LogP contribution in [0.5, 0.6) is 5.75 Å². The highest BCUT2D eigenvalue weighted by atomic mass is 16.5. The molecule has 0 unspecified atom stereocenters. The Kier molecular flexibility index (Phi) is 6.20. The number of rotatable bonds is 8. The third kappa shape index (κ3) is 5.35. The van der Waals surface area contributed by atoms with E-state index < -0.39 is 0 Å². The highest BCUT2D eigenvalue weighted by Crippen LogP contribution is 2.17. The molecule has 0 saturated carbocycles. The van der Waals surface area contributed by atoms with Crippen molar-refractivity contribution < 1.29 is 9.53 Å². The zero-order chi connectivity index (χ0) is 20.6. The lowest BCUT2D eigenvalue weighted by atomic mass is 10.2. The van der Waals surface area contributed by atoms with E-state index in [0.29, 0.717) is 19.4 Å². The molecule has 5 heteroatoms. The molecule has 150 valence electrons. The number of hydrogen-bond acceptors (Lipinski definition) is 3. The van der Waals surface area contributed by atoms with Crippen LogP contribution < -0.4 is 10.1 Å². The predicted molar refractivity (Wildman–Crippen MR) is 118 cm³/mol. The van der Waals surface area contributed by atoms with Crippen LogP contribution in [-0.4, -0.2) is 15.7 Å². The van der Waals surface area contributed by atoms with Crippen molar-refractivity contribution in [1.82, 2.24) is 9.78 Å². The lowest BCUT2D eigenvalue weighted by molar-refractivity contribution is -0.116. The zero-order valence-electron chi connectivity index (χ0n) is 16.6. The maximum Gasteiger partial charge on any atom is 0.224 e. The minimum Gasteiger partial charge on any atom is -0.489 e. The van der Waals surface area contributed by atoms with Crippen molar-refractivity contribution in [3.05, 3.63) is 108 Å². The lowest BCUT2D eigenvalue weighted by Crippen LogP contribution is -2.12. The average Bonchev–Trinajstić information content (AvgIpc) is 3.28. The summed E-state index contributed by atoms with van der Waals surface area (Å²) in [5, 5.41) is 7.30. The van der Waals surface area contributed by atoms with Gasteiger partial charge in [0.1, 0.15) is 12.4 Å². The number of carbonyl (C=O) groups is 1. The van der Waals surface area contributed by atoms with Gasteiger partial charge in [-0.15, -0.1) is 0 Å². The van der Waals surface area contributed by atoms with Gasteiger partial charge in [-0.05, 0) is 53.9 Å². The molecule has 30 heavy (non-hydrogen) atoms. The van der Waals surface area contributed by atoms with Crippen molar-refractivity contribution in [2.45, 2.75) is 19.4 Å². The summed E-state index contributed by atoms with van der Waals surface area (Å²) >= 11 is 0. The highest BCUT2D eigenvalue weighted by molar-refractivity contribution is 5.90. The molecular weight excluding hydrogens is 374 g/mol. The van der Waals surface area contributed by atoms with E-state index >= 15 is 0 Å². The number of benzene rings is 3. The van der Waals surface area contributed by atoms with Gasteiger partial charge in [0.15, 0.2) is 0 Å². The monoisotopic (exact) mass is 397 g/mol. The van der Waals surface area contributed by atoms with Gasteiger partial charge in [-0.1, -0.05) is 48.5 Å². The van der Waals surface area contributed by atoms with Crippen molar-refractivity contribution in [2.75, 3.05) is 5.32 Å². The van der Waals surface area contributed by atoms with E-state index in [4.69, 9.17) is 4.74 Å². The van der Waals surface area contributed by atoms with Gasteiger partial charge < -0.3 is 10.1 Å². The molecule has 1 N–H and O–H groups in total. The van der Waals surface area contributed by atoms with E-state index in [1.54, 1.807) is 6.20 Å². The normalized spacial score (nSPS) is 10.5. The maximum atomic E-state index is 12.3. The van der Waals surface area contributed by atoms with Crippen molar-refractivity contribution in [3.8, 4) is 11.4 Å². The van der Waals surface area contributed by atoms with Gasteiger partial charge in [0, 0.05) is 18.3 Å². The quantitative estimate of drug-likeness (QED) is 0.454. The molecule has 5 nitrogen and oxygen atoms in total. The molecule has 1 amide bonds. The summed E-state index contributed by atoms with van der Waals surface area (Å²) in [6.45, 7) is 0.517. The van der Waals surface area contributed by atoms with Gasteiger partial charge in [0.2, 0.25) is 5.91 Å². The molecule has 0 aliphatic carbocycles. The van der Waals surface area contributed by atoms with E-state index in [0.717, 1.165) is 28.3 Å². The topological polar surface area (TPSA) is 56.2 Å². The van der Waals surface area contributed by atoms with Crippen LogP contribution in [-0.2, 0) is 17.8 Å². The Bertz CT molecular complexity index is 1070. The van der Waals surface area contributed by atoms with Crippen molar-refractivity contribution in [3.63, 3.8) is 0 Å². The Morgan fingerprint density at radius 2 is 1.57 bits per heavy atom.